The van der Waals surface area contributed by atoms with Gasteiger partial charge in [-0.3, -0.25) is 9.69 Å². The summed E-state index contributed by atoms with van der Waals surface area (Å²) >= 11 is 0. The zero-order chi connectivity index (χ0) is 26.0. The third-order valence-electron chi connectivity index (χ3n) is 6.51. The summed E-state index contributed by atoms with van der Waals surface area (Å²) in [7, 11) is 1.58. The van der Waals surface area contributed by atoms with E-state index < -0.39 is 5.97 Å². The Morgan fingerprint density at radius 1 is 0.892 bits per heavy atom. The molecule has 2 aliphatic rings. The molecule has 37 heavy (non-hydrogen) atoms. The molecule has 0 radical (unpaired) electrons. The lowest BCUT2D eigenvalue weighted by molar-refractivity contribution is -0.136. The lowest BCUT2D eigenvalue weighted by atomic mass is 9.96. The van der Waals surface area contributed by atoms with Crippen LogP contribution in [0.15, 0.2) is 60.7 Å². The van der Waals surface area contributed by atoms with Gasteiger partial charge >= 0.3 is 5.97 Å². The number of aliphatic carboxylic acids is 1. The van der Waals surface area contributed by atoms with Crippen molar-refractivity contribution >= 4 is 5.97 Å². The summed E-state index contributed by atoms with van der Waals surface area (Å²) in [4.78, 5) is 13.2. The van der Waals surface area contributed by atoms with Crippen LogP contribution in [-0.2, 0) is 24.4 Å². The van der Waals surface area contributed by atoms with Gasteiger partial charge in [0, 0.05) is 18.5 Å². The molecule has 1 aliphatic heterocycles. The van der Waals surface area contributed by atoms with Gasteiger partial charge in [-0.05, 0) is 84.9 Å². The number of ether oxygens (including phenoxy) is 2. The molecule has 0 atom stereocenters. The Morgan fingerprint density at radius 3 is 2.38 bits per heavy atom. The van der Waals surface area contributed by atoms with Crippen molar-refractivity contribution in [2.75, 3.05) is 20.2 Å². The lowest BCUT2D eigenvalue weighted by Gasteiger charge is -2.19. The van der Waals surface area contributed by atoms with Crippen molar-refractivity contribution in [3.63, 3.8) is 0 Å². The third-order valence-corrected chi connectivity index (χ3v) is 6.51. The summed E-state index contributed by atoms with van der Waals surface area (Å²) in [5.41, 5.74) is 4.39. The second kappa shape index (κ2) is 13.2. The van der Waals surface area contributed by atoms with Crippen molar-refractivity contribution in [3.8, 4) is 22.6 Å². The zero-order valence-electron chi connectivity index (χ0n) is 21.5. The highest BCUT2D eigenvalue weighted by Crippen LogP contribution is 2.32. The number of carboxylic acid groups (broad SMARTS) is 1. The predicted octanol–water partition coefficient (Wildman–Crippen LogP) is 6.86. The molecule has 3 aromatic rings. The van der Waals surface area contributed by atoms with Crippen LogP contribution in [0.4, 0.5) is 4.39 Å². The minimum Gasteiger partial charge on any atom is -0.497 e. The van der Waals surface area contributed by atoms with Crippen LogP contribution in [0, 0.1) is 5.82 Å². The third kappa shape index (κ3) is 8.32. The van der Waals surface area contributed by atoms with E-state index >= 15 is 0 Å². The smallest absolute Gasteiger partial charge is 0.303 e. The molecule has 0 bridgehead atoms. The highest BCUT2D eigenvalue weighted by atomic mass is 19.1. The minimum atomic E-state index is -0.815. The summed E-state index contributed by atoms with van der Waals surface area (Å²) < 4.78 is 26.1. The van der Waals surface area contributed by atoms with Crippen molar-refractivity contribution in [1.82, 2.24) is 4.90 Å². The van der Waals surface area contributed by atoms with E-state index in [0.717, 1.165) is 41.9 Å². The molecule has 1 N–H and O–H groups in total. The van der Waals surface area contributed by atoms with Gasteiger partial charge in [0.1, 0.15) is 23.9 Å². The molecular formula is C31H36FNO4. The molecule has 196 valence electrons. The van der Waals surface area contributed by atoms with Crippen LogP contribution in [0.2, 0.25) is 0 Å². The van der Waals surface area contributed by atoms with Gasteiger partial charge in [0.2, 0.25) is 0 Å². The fourth-order valence-corrected chi connectivity index (χ4v) is 4.36. The molecule has 3 aromatic carbocycles. The average molecular weight is 506 g/mol. The molecule has 0 spiro atoms. The number of benzene rings is 3. The fourth-order valence-electron chi connectivity index (χ4n) is 4.36. The Balaban J connectivity index is 0.000000994. The molecule has 1 aliphatic carbocycles. The number of carbonyl (C=O) groups is 1. The van der Waals surface area contributed by atoms with Crippen molar-refractivity contribution < 1.29 is 23.8 Å². The van der Waals surface area contributed by atoms with Gasteiger partial charge in [-0.1, -0.05) is 49.6 Å². The quantitative estimate of drug-likeness (QED) is 0.326. The molecule has 0 amide bonds. The molecule has 5 nitrogen and oxygen atoms in total. The Hall–Kier alpha value is -3.38. The van der Waals surface area contributed by atoms with E-state index in [1.54, 1.807) is 19.2 Å². The second-order valence-corrected chi connectivity index (χ2v) is 9.71. The molecule has 1 saturated heterocycles. The van der Waals surface area contributed by atoms with E-state index in [0.29, 0.717) is 30.1 Å². The SMILES string of the molecule is C1CC1.COc1ccc(F)c(-c2ccc(COc3cccc(CCC(=O)O)c3)cc2CN2CCCC2)c1. The number of rotatable bonds is 10. The van der Waals surface area contributed by atoms with Gasteiger partial charge < -0.3 is 14.6 Å². The van der Waals surface area contributed by atoms with Gasteiger partial charge in [-0.15, -0.1) is 0 Å². The van der Waals surface area contributed by atoms with E-state index in [9.17, 15) is 9.18 Å². The normalized spacial score (nSPS) is 14.5. The Bertz CT molecular complexity index is 1180. The summed E-state index contributed by atoms with van der Waals surface area (Å²) in [6, 6.07) is 18.4. The Kier molecular flexibility index (Phi) is 9.55. The minimum absolute atomic E-state index is 0.0889. The van der Waals surface area contributed by atoms with Crippen molar-refractivity contribution in [2.45, 2.75) is 58.1 Å². The van der Waals surface area contributed by atoms with Crippen molar-refractivity contribution in [3.05, 3.63) is 83.2 Å². The number of methoxy groups -OCH3 is 1. The topological polar surface area (TPSA) is 59.0 Å². The first-order valence-corrected chi connectivity index (χ1v) is 13.1. The zero-order valence-corrected chi connectivity index (χ0v) is 21.5. The van der Waals surface area contributed by atoms with Crippen LogP contribution >= 0.6 is 0 Å². The van der Waals surface area contributed by atoms with Crippen LogP contribution in [0.1, 0.15) is 55.2 Å². The summed E-state index contributed by atoms with van der Waals surface area (Å²) in [5.74, 6) is 0.237. The molecule has 1 heterocycles. The maximum Gasteiger partial charge on any atom is 0.303 e. The van der Waals surface area contributed by atoms with Gasteiger partial charge in [0.05, 0.1) is 7.11 Å². The molecule has 0 unspecified atom stereocenters. The van der Waals surface area contributed by atoms with Crippen LogP contribution in [0.3, 0.4) is 0 Å². The summed E-state index contributed by atoms with van der Waals surface area (Å²) in [5, 5.41) is 8.91. The van der Waals surface area contributed by atoms with E-state index in [-0.39, 0.29) is 12.2 Å². The van der Waals surface area contributed by atoms with E-state index in [1.165, 1.54) is 38.2 Å². The molecule has 5 rings (SSSR count). The lowest BCUT2D eigenvalue weighted by Crippen LogP contribution is -2.19. The maximum absolute atomic E-state index is 14.8. The van der Waals surface area contributed by atoms with Gasteiger partial charge in [0.15, 0.2) is 0 Å². The van der Waals surface area contributed by atoms with Crippen LogP contribution in [0.25, 0.3) is 11.1 Å². The number of likely N-dealkylation sites (tertiary alicyclic amines) is 1. The van der Waals surface area contributed by atoms with Gasteiger partial charge in [0.25, 0.3) is 0 Å². The molecule has 2 fully saturated rings. The number of nitrogens with zero attached hydrogens (tertiary/aromatic N) is 1. The second-order valence-electron chi connectivity index (χ2n) is 9.71. The molecule has 6 heteroatoms. The maximum atomic E-state index is 14.8. The van der Waals surface area contributed by atoms with E-state index in [1.807, 2.05) is 36.4 Å². The first kappa shape index (κ1) is 26.7. The first-order valence-electron chi connectivity index (χ1n) is 13.1. The van der Waals surface area contributed by atoms with Crippen LogP contribution in [0.5, 0.6) is 11.5 Å². The number of hydrogen-bond acceptors (Lipinski definition) is 4. The van der Waals surface area contributed by atoms with E-state index in [4.69, 9.17) is 14.6 Å². The predicted molar refractivity (Wildman–Crippen MR) is 143 cm³/mol. The standard InChI is InChI=1S/C28H30FNO4.C3H6/c1-33-23-9-11-27(29)26(17-23)25-10-7-21(15-22(25)18-30-13-2-3-14-30)19-34-24-6-4-5-20(16-24)8-12-28(31)32;1-2-3-1/h4-7,9-11,15-17H,2-3,8,12-14,18-19H2,1H3,(H,31,32);1-3H2. The van der Waals surface area contributed by atoms with E-state index in [2.05, 4.69) is 11.0 Å². The molecular weight excluding hydrogens is 469 g/mol. The first-order chi connectivity index (χ1) is 18.0. The average Bonchev–Trinajstić information content (AvgIpc) is 3.71. The monoisotopic (exact) mass is 505 g/mol. The number of halogens is 1. The summed E-state index contributed by atoms with van der Waals surface area (Å²) in [6.07, 6.45) is 7.42. The van der Waals surface area contributed by atoms with Gasteiger partial charge in [-0.25, -0.2) is 4.39 Å². The van der Waals surface area contributed by atoms with Crippen molar-refractivity contribution in [2.24, 2.45) is 0 Å². The number of aryl methyl sites for hydroxylation is 1. The largest absolute Gasteiger partial charge is 0.497 e. The number of hydrogen-bond donors (Lipinski definition) is 1. The molecule has 1 saturated carbocycles. The highest BCUT2D eigenvalue weighted by molar-refractivity contribution is 5.70. The van der Waals surface area contributed by atoms with Crippen LogP contribution in [-0.4, -0.2) is 36.2 Å². The Labute approximate surface area is 218 Å². The van der Waals surface area contributed by atoms with Crippen LogP contribution < -0.4 is 9.47 Å². The highest BCUT2D eigenvalue weighted by Gasteiger charge is 2.17. The van der Waals surface area contributed by atoms with Crippen molar-refractivity contribution in [1.29, 1.82) is 0 Å². The number of carboxylic acids is 1. The van der Waals surface area contributed by atoms with Gasteiger partial charge in [-0.2, -0.15) is 0 Å². The fraction of sp³-hybridized carbons (Fsp3) is 0.387. The summed E-state index contributed by atoms with van der Waals surface area (Å²) in [6.45, 7) is 3.22. The Morgan fingerprint density at radius 2 is 1.68 bits per heavy atom. The molecule has 0 aromatic heterocycles.